The van der Waals surface area contributed by atoms with Gasteiger partial charge in [-0.1, -0.05) is 97.1 Å². The van der Waals surface area contributed by atoms with Crippen LogP contribution in [0.15, 0.2) is 162 Å². The molecule has 0 fully saturated rings. The third kappa shape index (κ3) is 4.24. The van der Waals surface area contributed by atoms with Gasteiger partial charge < -0.3 is 9.32 Å². The molecule has 0 aliphatic carbocycles. The smallest absolute Gasteiger partial charge is 0.227 e. The zero-order valence-corrected chi connectivity index (χ0v) is 28.3. The minimum Gasteiger partial charge on any atom is -0.436 e. The number of hydrogen-bond donors (Lipinski definition) is 0. The van der Waals surface area contributed by atoms with Crippen LogP contribution >= 0.6 is 22.7 Å². The second-order valence-electron chi connectivity index (χ2n) is 12.8. The van der Waals surface area contributed by atoms with E-state index in [9.17, 15) is 0 Å². The van der Waals surface area contributed by atoms with Gasteiger partial charge >= 0.3 is 0 Å². The van der Waals surface area contributed by atoms with E-state index >= 15 is 0 Å². The highest BCUT2D eigenvalue weighted by molar-refractivity contribution is 7.27. The van der Waals surface area contributed by atoms with Crippen LogP contribution in [-0.4, -0.2) is 4.98 Å². The van der Waals surface area contributed by atoms with Crippen LogP contribution < -0.4 is 4.90 Å². The van der Waals surface area contributed by atoms with Crippen LogP contribution in [0.1, 0.15) is 0 Å². The number of nitrogens with zero attached hydrogens (tertiary/aromatic N) is 2. The van der Waals surface area contributed by atoms with Crippen molar-refractivity contribution in [1.82, 2.24) is 4.98 Å². The fraction of sp³-hybridized carbons (Fsp3) is 0. The molecule has 0 radical (unpaired) electrons. The standard InChI is InChI=1S/C45H26N2OS2/c1-3-9-33-27(7-1)15-21-37-35-23-19-31(25-41(35)49-43(33)37)47(30-17-13-29(14-18-30)45-46-39-11-5-6-12-40(39)48-45)32-20-24-36-38-22-16-28-8-2-4-10-34(28)44(38)50-42(36)26-32/h1-26H. The highest BCUT2D eigenvalue weighted by Gasteiger charge is 2.18. The van der Waals surface area contributed by atoms with Crippen molar-refractivity contribution in [2.75, 3.05) is 4.90 Å². The van der Waals surface area contributed by atoms with Gasteiger partial charge in [0.05, 0.1) is 0 Å². The van der Waals surface area contributed by atoms with Gasteiger partial charge in [0.15, 0.2) is 5.58 Å². The lowest BCUT2D eigenvalue weighted by atomic mass is 10.0. The van der Waals surface area contributed by atoms with Gasteiger partial charge in [0.25, 0.3) is 0 Å². The summed E-state index contributed by atoms with van der Waals surface area (Å²) in [5.74, 6) is 0.627. The Hall–Kier alpha value is -6.01. The maximum Gasteiger partial charge on any atom is 0.227 e. The molecule has 0 amide bonds. The molecule has 0 saturated heterocycles. The molecule has 3 heterocycles. The third-order valence-electron chi connectivity index (χ3n) is 9.88. The number of aromatic nitrogens is 1. The second-order valence-corrected chi connectivity index (χ2v) is 14.9. The molecule has 0 unspecified atom stereocenters. The predicted molar refractivity (Wildman–Crippen MR) is 215 cm³/mol. The van der Waals surface area contributed by atoms with E-state index < -0.39 is 0 Å². The summed E-state index contributed by atoms with van der Waals surface area (Å²) in [4.78, 5) is 7.12. The highest BCUT2D eigenvalue weighted by atomic mass is 32.1. The summed E-state index contributed by atoms with van der Waals surface area (Å²) in [5, 5.41) is 10.4. The number of hydrogen-bond acceptors (Lipinski definition) is 5. The van der Waals surface area contributed by atoms with Crippen LogP contribution in [0, 0.1) is 0 Å². The van der Waals surface area contributed by atoms with Crippen molar-refractivity contribution in [3.05, 3.63) is 158 Å². The molecule has 0 bridgehead atoms. The van der Waals surface area contributed by atoms with Crippen LogP contribution in [0.25, 0.3) is 84.4 Å². The Morgan fingerprint density at radius 2 is 0.960 bits per heavy atom. The largest absolute Gasteiger partial charge is 0.436 e. The molecular weight excluding hydrogens is 649 g/mol. The number of thiophene rings is 2. The summed E-state index contributed by atoms with van der Waals surface area (Å²) in [6, 6.07) is 56.7. The zero-order chi connectivity index (χ0) is 32.8. The summed E-state index contributed by atoms with van der Waals surface area (Å²) < 4.78 is 11.3. The van der Waals surface area contributed by atoms with E-state index in [1.54, 1.807) is 0 Å². The summed E-state index contributed by atoms with van der Waals surface area (Å²) in [6.45, 7) is 0. The number of benzene rings is 8. The number of anilines is 3. The van der Waals surface area contributed by atoms with Gasteiger partial charge in [-0.25, -0.2) is 4.98 Å². The molecule has 0 atom stereocenters. The molecule has 0 saturated carbocycles. The van der Waals surface area contributed by atoms with Gasteiger partial charge in [0.2, 0.25) is 5.89 Å². The van der Waals surface area contributed by atoms with Crippen LogP contribution in [-0.2, 0) is 0 Å². The number of oxazole rings is 1. The summed E-state index contributed by atoms with van der Waals surface area (Å²) in [6.07, 6.45) is 0. The van der Waals surface area contributed by atoms with Crippen molar-refractivity contribution in [2.24, 2.45) is 0 Å². The van der Waals surface area contributed by atoms with Gasteiger partial charge in [-0.2, -0.15) is 0 Å². The Labute approximate surface area is 294 Å². The van der Waals surface area contributed by atoms with Gasteiger partial charge in [-0.15, -0.1) is 22.7 Å². The first kappa shape index (κ1) is 27.9. The van der Waals surface area contributed by atoms with Crippen molar-refractivity contribution in [2.45, 2.75) is 0 Å². The maximum atomic E-state index is 6.12. The molecule has 0 N–H and O–H groups in total. The monoisotopic (exact) mass is 674 g/mol. The Balaban J connectivity index is 1.09. The summed E-state index contributed by atoms with van der Waals surface area (Å²) in [5.41, 5.74) is 5.91. The predicted octanol–water partition coefficient (Wildman–Crippen LogP) is 14.0. The van der Waals surface area contributed by atoms with E-state index in [1.807, 2.05) is 46.9 Å². The minimum atomic E-state index is 0.627. The van der Waals surface area contributed by atoms with E-state index in [0.717, 1.165) is 33.7 Å². The van der Waals surface area contributed by atoms with Crippen LogP contribution in [0.5, 0.6) is 0 Å². The van der Waals surface area contributed by atoms with E-state index in [-0.39, 0.29) is 0 Å². The first-order valence-electron chi connectivity index (χ1n) is 16.7. The number of para-hydroxylation sites is 2. The van der Waals surface area contributed by atoms with E-state index in [1.165, 1.54) is 61.9 Å². The highest BCUT2D eigenvalue weighted by Crippen LogP contribution is 2.45. The fourth-order valence-corrected chi connectivity index (χ4v) is 10.0. The Kier molecular flexibility index (Phi) is 5.99. The van der Waals surface area contributed by atoms with Crippen LogP contribution in [0.4, 0.5) is 17.1 Å². The molecule has 3 nitrogen and oxygen atoms in total. The number of fused-ring (bicyclic) bond motifs is 11. The third-order valence-corrected chi connectivity index (χ3v) is 12.3. The Bertz CT molecular complexity index is 2930. The quantitative estimate of drug-likeness (QED) is 0.186. The lowest BCUT2D eigenvalue weighted by Gasteiger charge is -2.26. The SMILES string of the molecule is c1ccc2c(c1)ccc1c3ccc(N(c4ccc(-c5nc6ccccc6o5)cc4)c4ccc5c(c4)sc4c6ccccc6ccc54)cc3sc21. The van der Waals surface area contributed by atoms with Gasteiger partial charge in [0, 0.05) is 63.0 Å². The lowest BCUT2D eigenvalue weighted by Crippen LogP contribution is -2.09. The molecule has 8 aromatic carbocycles. The second kappa shape index (κ2) is 10.7. The normalized spacial score (nSPS) is 12.0. The van der Waals surface area contributed by atoms with Gasteiger partial charge in [-0.05, 0) is 82.2 Å². The van der Waals surface area contributed by atoms with Crippen LogP contribution in [0.2, 0.25) is 0 Å². The molecule has 5 heteroatoms. The average molecular weight is 675 g/mol. The zero-order valence-electron chi connectivity index (χ0n) is 26.6. The maximum absolute atomic E-state index is 6.12. The molecule has 234 valence electrons. The Morgan fingerprint density at radius 3 is 1.56 bits per heavy atom. The molecule has 11 rings (SSSR count). The van der Waals surface area contributed by atoms with E-state index in [4.69, 9.17) is 9.40 Å². The van der Waals surface area contributed by atoms with Crippen molar-refractivity contribution in [1.29, 1.82) is 0 Å². The molecule has 0 spiro atoms. The molecule has 3 aromatic heterocycles. The molecular formula is C45H26N2OS2. The summed E-state index contributed by atoms with van der Waals surface area (Å²) >= 11 is 3.75. The fourth-order valence-electron chi connectivity index (χ4n) is 7.46. The van der Waals surface area contributed by atoms with Crippen molar-refractivity contribution in [3.8, 4) is 11.5 Å². The first-order valence-corrected chi connectivity index (χ1v) is 18.3. The minimum absolute atomic E-state index is 0.627. The van der Waals surface area contributed by atoms with Crippen molar-refractivity contribution < 1.29 is 4.42 Å². The Morgan fingerprint density at radius 1 is 0.440 bits per heavy atom. The lowest BCUT2D eigenvalue weighted by molar-refractivity contribution is 0.620. The number of rotatable bonds is 4. The topological polar surface area (TPSA) is 29.3 Å². The molecule has 0 aliphatic rings. The van der Waals surface area contributed by atoms with E-state index in [0.29, 0.717) is 5.89 Å². The first-order chi connectivity index (χ1) is 24.7. The average Bonchev–Trinajstić information content (AvgIpc) is 3.88. The van der Waals surface area contributed by atoms with Crippen molar-refractivity contribution >= 4 is 113 Å². The summed E-state index contributed by atoms with van der Waals surface area (Å²) in [7, 11) is 0. The molecule has 0 aliphatic heterocycles. The van der Waals surface area contributed by atoms with E-state index in [2.05, 4.69) is 138 Å². The van der Waals surface area contributed by atoms with Crippen molar-refractivity contribution in [3.63, 3.8) is 0 Å². The molecule has 50 heavy (non-hydrogen) atoms. The molecule has 11 aromatic rings. The van der Waals surface area contributed by atoms with Gasteiger partial charge in [-0.3, -0.25) is 0 Å². The van der Waals surface area contributed by atoms with Crippen LogP contribution in [0.3, 0.4) is 0 Å². The van der Waals surface area contributed by atoms with Gasteiger partial charge in [0.1, 0.15) is 5.52 Å².